The first kappa shape index (κ1) is 17.0. The summed E-state index contributed by atoms with van der Waals surface area (Å²) in [6.07, 6.45) is 9.13. The number of hydrazine groups is 1. The molecule has 20 heavy (non-hydrogen) atoms. The minimum Gasteiger partial charge on any atom is -0.370 e. The van der Waals surface area contributed by atoms with E-state index in [0.717, 1.165) is 31.0 Å². The average molecular weight is 297 g/mol. The van der Waals surface area contributed by atoms with Crippen molar-refractivity contribution < 1.29 is 0 Å². The first-order valence-corrected chi connectivity index (χ1v) is 8.77. The van der Waals surface area contributed by atoms with Crippen LogP contribution in [-0.2, 0) is 6.42 Å². The molecule has 1 aromatic heterocycles. The van der Waals surface area contributed by atoms with E-state index < -0.39 is 0 Å². The van der Waals surface area contributed by atoms with Crippen molar-refractivity contribution in [2.24, 2.45) is 5.84 Å². The highest BCUT2D eigenvalue weighted by molar-refractivity contribution is 7.98. The Hall–Kier alpha value is -1.01. The Morgan fingerprint density at radius 3 is 2.60 bits per heavy atom. The molecule has 0 aliphatic carbocycles. The molecule has 0 unspecified atom stereocenters. The van der Waals surface area contributed by atoms with Gasteiger partial charge in [-0.05, 0) is 31.3 Å². The van der Waals surface area contributed by atoms with Crippen LogP contribution in [-0.4, -0.2) is 28.5 Å². The number of hydrogen-bond donors (Lipinski definition) is 3. The van der Waals surface area contributed by atoms with Crippen LogP contribution in [0.25, 0.3) is 0 Å². The van der Waals surface area contributed by atoms with E-state index in [9.17, 15) is 0 Å². The molecule has 1 aromatic rings. The standard InChI is InChI=1S/C14H27N5S/c1-3-8-12-17-13(11-14(18-12)19-15)16-9-6-4-5-7-10-20-2/h11H,3-10,15H2,1-2H3,(H2,16,17,18,19). The second-order valence-corrected chi connectivity index (χ2v) is 5.77. The molecule has 1 rings (SSSR count). The Morgan fingerprint density at radius 2 is 1.90 bits per heavy atom. The van der Waals surface area contributed by atoms with E-state index in [2.05, 4.69) is 33.9 Å². The normalized spacial score (nSPS) is 10.6. The second-order valence-electron chi connectivity index (χ2n) is 4.78. The van der Waals surface area contributed by atoms with E-state index in [1.54, 1.807) is 0 Å². The minimum absolute atomic E-state index is 0.672. The van der Waals surface area contributed by atoms with Gasteiger partial charge in [0.2, 0.25) is 0 Å². The Balaban J connectivity index is 2.33. The van der Waals surface area contributed by atoms with Crippen LogP contribution >= 0.6 is 11.8 Å². The van der Waals surface area contributed by atoms with Crippen LogP contribution in [0.3, 0.4) is 0 Å². The van der Waals surface area contributed by atoms with Crippen LogP contribution in [0.15, 0.2) is 6.07 Å². The molecule has 0 saturated heterocycles. The molecule has 0 spiro atoms. The van der Waals surface area contributed by atoms with Crippen LogP contribution in [0.2, 0.25) is 0 Å². The third kappa shape index (κ3) is 6.96. The zero-order valence-electron chi connectivity index (χ0n) is 12.6. The molecule has 0 radical (unpaired) electrons. The lowest BCUT2D eigenvalue weighted by Crippen LogP contribution is -2.12. The summed E-state index contributed by atoms with van der Waals surface area (Å²) < 4.78 is 0. The van der Waals surface area contributed by atoms with Crippen molar-refractivity contribution in [1.29, 1.82) is 0 Å². The number of nitrogens with two attached hydrogens (primary N) is 1. The summed E-state index contributed by atoms with van der Waals surface area (Å²) in [6.45, 7) is 3.07. The number of hydrogen-bond acceptors (Lipinski definition) is 6. The number of aromatic nitrogens is 2. The van der Waals surface area contributed by atoms with Gasteiger partial charge in [-0.1, -0.05) is 19.8 Å². The summed E-state index contributed by atoms with van der Waals surface area (Å²) >= 11 is 1.92. The number of nitrogens with zero attached hydrogens (tertiary/aromatic N) is 2. The molecule has 0 fully saturated rings. The molecule has 0 atom stereocenters. The van der Waals surface area contributed by atoms with Crippen molar-refractivity contribution in [3.63, 3.8) is 0 Å². The van der Waals surface area contributed by atoms with Gasteiger partial charge in [0, 0.05) is 19.0 Å². The van der Waals surface area contributed by atoms with Crippen molar-refractivity contribution in [3.8, 4) is 0 Å². The number of nitrogens with one attached hydrogen (secondary N) is 2. The third-order valence-corrected chi connectivity index (χ3v) is 3.67. The number of aryl methyl sites for hydroxylation is 1. The zero-order chi connectivity index (χ0) is 14.6. The van der Waals surface area contributed by atoms with Gasteiger partial charge in [-0.2, -0.15) is 11.8 Å². The molecule has 0 aromatic carbocycles. The maximum Gasteiger partial charge on any atom is 0.145 e. The first-order valence-electron chi connectivity index (χ1n) is 7.37. The molecular weight excluding hydrogens is 270 g/mol. The van der Waals surface area contributed by atoms with E-state index in [0.29, 0.717) is 5.82 Å². The molecule has 0 saturated carbocycles. The topological polar surface area (TPSA) is 75.9 Å². The smallest absolute Gasteiger partial charge is 0.145 e. The summed E-state index contributed by atoms with van der Waals surface area (Å²) in [5, 5.41) is 3.36. The predicted molar refractivity (Wildman–Crippen MR) is 89.2 cm³/mol. The number of thioether (sulfide) groups is 1. The van der Waals surface area contributed by atoms with Crippen LogP contribution in [0.1, 0.15) is 44.9 Å². The molecule has 0 amide bonds. The second kappa shape index (κ2) is 10.7. The number of anilines is 2. The van der Waals surface area contributed by atoms with Crippen molar-refractivity contribution in [2.75, 3.05) is 29.3 Å². The molecule has 0 bridgehead atoms. The van der Waals surface area contributed by atoms with Crippen LogP contribution in [0.5, 0.6) is 0 Å². The molecule has 0 aliphatic heterocycles. The molecule has 1 heterocycles. The van der Waals surface area contributed by atoms with Crippen molar-refractivity contribution in [2.45, 2.75) is 45.4 Å². The largest absolute Gasteiger partial charge is 0.370 e. The quantitative estimate of drug-likeness (QED) is 0.331. The maximum atomic E-state index is 5.44. The van der Waals surface area contributed by atoms with Gasteiger partial charge in [0.05, 0.1) is 0 Å². The van der Waals surface area contributed by atoms with E-state index in [-0.39, 0.29) is 0 Å². The van der Waals surface area contributed by atoms with Crippen LogP contribution in [0.4, 0.5) is 11.6 Å². The van der Waals surface area contributed by atoms with E-state index >= 15 is 0 Å². The van der Waals surface area contributed by atoms with Gasteiger partial charge >= 0.3 is 0 Å². The van der Waals surface area contributed by atoms with Gasteiger partial charge in [-0.25, -0.2) is 15.8 Å². The van der Waals surface area contributed by atoms with Crippen LogP contribution < -0.4 is 16.6 Å². The highest BCUT2D eigenvalue weighted by Gasteiger charge is 2.03. The lowest BCUT2D eigenvalue weighted by atomic mass is 10.2. The van der Waals surface area contributed by atoms with Gasteiger partial charge in [-0.3, -0.25) is 0 Å². The van der Waals surface area contributed by atoms with Crippen molar-refractivity contribution >= 4 is 23.4 Å². The fourth-order valence-corrected chi connectivity index (χ4v) is 2.43. The third-order valence-electron chi connectivity index (χ3n) is 2.98. The Bertz CT molecular complexity index is 373. The van der Waals surface area contributed by atoms with E-state index in [4.69, 9.17) is 5.84 Å². The number of nitrogen functional groups attached to an aromatic ring is 1. The van der Waals surface area contributed by atoms with Gasteiger partial charge < -0.3 is 10.7 Å². The number of unbranched alkanes of at least 4 members (excludes halogenated alkanes) is 3. The lowest BCUT2D eigenvalue weighted by Gasteiger charge is -2.09. The molecule has 114 valence electrons. The SMILES string of the molecule is CCCc1nc(NN)cc(NCCCCCCSC)n1. The average Bonchev–Trinajstić information content (AvgIpc) is 2.46. The van der Waals surface area contributed by atoms with Gasteiger partial charge in [-0.15, -0.1) is 0 Å². The Kier molecular flexibility index (Phi) is 9.15. The summed E-state index contributed by atoms with van der Waals surface area (Å²) in [5.74, 6) is 9.08. The summed E-state index contributed by atoms with van der Waals surface area (Å²) in [7, 11) is 0. The Labute approximate surface area is 126 Å². The predicted octanol–water partition coefficient (Wildman–Crippen LogP) is 3.05. The van der Waals surface area contributed by atoms with Crippen molar-refractivity contribution in [1.82, 2.24) is 9.97 Å². The summed E-state index contributed by atoms with van der Waals surface area (Å²) in [4.78, 5) is 8.83. The highest BCUT2D eigenvalue weighted by Crippen LogP contribution is 2.12. The molecule has 4 N–H and O–H groups in total. The van der Waals surface area contributed by atoms with E-state index in [1.165, 1.54) is 31.4 Å². The minimum atomic E-state index is 0.672. The molecular formula is C14H27N5S. The summed E-state index contributed by atoms with van der Waals surface area (Å²) in [6, 6.07) is 1.85. The first-order chi connectivity index (χ1) is 9.80. The molecule has 6 heteroatoms. The monoisotopic (exact) mass is 297 g/mol. The van der Waals surface area contributed by atoms with Gasteiger partial charge in [0.1, 0.15) is 17.5 Å². The van der Waals surface area contributed by atoms with Crippen molar-refractivity contribution in [3.05, 3.63) is 11.9 Å². The Morgan fingerprint density at radius 1 is 1.15 bits per heavy atom. The highest BCUT2D eigenvalue weighted by atomic mass is 32.2. The van der Waals surface area contributed by atoms with Gasteiger partial charge in [0.15, 0.2) is 0 Å². The van der Waals surface area contributed by atoms with Crippen LogP contribution in [0, 0.1) is 0 Å². The summed E-state index contributed by atoms with van der Waals surface area (Å²) in [5.41, 5.74) is 2.60. The molecule has 5 nitrogen and oxygen atoms in total. The number of rotatable bonds is 11. The van der Waals surface area contributed by atoms with E-state index in [1.807, 2.05) is 17.8 Å². The fourth-order valence-electron chi connectivity index (χ4n) is 1.94. The lowest BCUT2D eigenvalue weighted by molar-refractivity contribution is 0.688. The van der Waals surface area contributed by atoms with Gasteiger partial charge in [0.25, 0.3) is 0 Å². The fraction of sp³-hybridized carbons (Fsp3) is 0.714. The zero-order valence-corrected chi connectivity index (χ0v) is 13.4. The maximum absolute atomic E-state index is 5.44. The molecule has 0 aliphatic rings.